The maximum atomic E-state index is 11.3. The van der Waals surface area contributed by atoms with Gasteiger partial charge in [0.15, 0.2) is 0 Å². The van der Waals surface area contributed by atoms with Crippen molar-refractivity contribution in [2.75, 3.05) is 31.1 Å². The van der Waals surface area contributed by atoms with Crippen LogP contribution in [0.2, 0.25) is 0 Å². The Kier molecular flexibility index (Phi) is 2.69. The van der Waals surface area contributed by atoms with Crippen molar-refractivity contribution in [1.82, 2.24) is 4.90 Å². The highest BCUT2D eigenvalue weighted by atomic mass is 16.2. The molecule has 1 aromatic carbocycles. The molecule has 1 saturated heterocycles. The van der Waals surface area contributed by atoms with E-state index in [0.29, 0.717) is 6.04 Å². The summed E-state index contributed by atoms with van der Waals surface area (Å²) < 4.78 is 8.21. The number of anilines is 1. The zero-order chi connectivity index (χ0) is 14.3. The normalized spacial score (nSPS) is 22.1. The third kappa shape index (κ3) is 2.45. The monoisotopic (exact) mass is 260 g/mol. The smallest absolute Gasteiger partial charge is 0.219 e. The molecule has 0 aromatic heterocycles. The first-order chi connectivity index (χ1) is 9.49. The van der Waals surface area contributed by atoms with Gasteiger partial charge in [-0.3, -0.25) is 4.79 Å². The van der Waals surface area contributed by atoms with Crippen LogP contribution in [0.5, 0.6) is 0 Å². The maximum Gasteiger partial charge on any atom is 0.219 e. The van der Waals surface area contributed by atoms with Crippen molar-refractivity contribution in [2.24, 2.45) is 5.73 Å². The fraction of sp³-hybridized carbons (Fsp3) is 0.533. The van der Waals surface area contributed by atoms with Crippen LogP contribution >= 0.6 is 0 Å². The molecule has 1 heterocycles. The van der Waals surface area contributed by atoms with Gasteiger partial charge in [0.25, 0.3) is 0 Å². The Bertz CT molecular complexity index is 534. The first kappa shape index (κ1) is 11.3. The Hall–Kier alpha value is -1.55. The van der Waals surface area contributed by atoms with Gasteiger partial charge in [0, 0.05) is 44.3 Å². The largest absolute Gasteiger partial charge is 0.368 e. The lowest BCUT2D eigenvalue weighted by Crippen LogP contribution is -2.48. The average molecular weight is 260 g/mol. The summed E-state index contributed by atoms with van der Waals surface area (Å²) in [5.41, 5.74) is 8.02. The van der Waals surface area contributed by atoms with E-state index in [1.165, 1.54) is 0 Å². The molecule has 0 bridgehead atoms. The number of piperazine rings is 1. The van der Waals surface area contributed by atoms with E-state index >= 15 is 0 Å². The van der Waals surface area contributed by atoms with Gasteiger partial charge in [0.1, 0.15) is 0 Å². The highest BCUT2D eigenvalue weighted by Crippen LogP contribution is 2.42. The molecular weight excluding hydrogens is 238 g/mol. The minimum absolute atomic E-state index is 0.130. The molecule has 1 aromatic rings. The third-order valence-corrected chi connectivity index (χ3v) is 4.23. The Morgan fingerprint density at radius 1 is 1.26 bits per heavy atom. The lowest BCUT2D eigenvalue weighted by atomic mass is 10.1. The minimum atomic E-state index is -0.179. The number of hydrogen-bond acceptors (Lipinski definition) is 3. The number of carbonyl (C=O) groups is 1. The van der Waals surface area contributed by atoms with Gasteiger partial charge in [-0.15, -0.1) is 0 Å². The fourth-order valence-corrected chi connectivity index (χ4v) is 2.61. The first-order valence-electron chi connectivity index (χ1n) is 7.40. The summed E-state index contributed by atoms with van der Waals surface area (Å²) in [6.45, 7) is 4.66. The molecule has 102 valence electrons. The van der Waals surface area contributed by atoms with E-state index in [4.69, 9.17) is 7.10 Å². The van der Waals surface area contributed by atoms with E-state index < -0.39 is 0 Å². The molecule has 0 radical (unpaired) electrons. The topological polar surface area (TPSA) is 49.6 Å². The summed E-state index contributed by atoms with van der Waals surface area (Å²) >= 11 is 0. The molecule has 3 rings (SSSR count). The highest BCUT2D eigenvalue weighted by molar-refractivity contribution is 5.73. The number of amides is 1. The summed E-state index contributed by atoms with van der Waals surface area (Å²) in [6, 6.07) is 6.50. The first-order valence-corrected chi connectivity index (χ1v) is 6.90. The van der Waals surface area contributed by atoms with Gasteiger partial charge in [0.2, 0.25) is 5.91 Å². The average Bonchev–Trinajstić information content (AvgIpc) is 3.18. The van der Waals surface area contributed by atoms with Crippen LogP contribution in [0, 0.1) is 0 Å². The van der Waals surface area contributed by atoms with Gasteiger partial charge in [0.05, 0.1) is 1.37 Å². The van der Waals surface area contributed by atoms with Crippen LogP contribution in [0.15, 0.2) is 24.2 Å². The summed E-state index contributed by atoms with van der Waals surface area (Å²) in [5, 5.41) is 0. The second-order valence-electron chi connectivity index (χ2n) is 5.61. The van der Waals surface area contributed by atoms with E-state index in [1.54, 1.807) is 6.92 Å². The SMILES string of the molecule is [2H]c1cc(C2(N)CC2)ccc1N1CCN(C(C)=O)CC1. The summed E-state index contributed by atoms with van der Waals surface area (Å²) in [7, 11) is 0. The van der Waals surface area contributed by atoms with E-state index in [0.717, 1.165) is 50.3 Å². The Balaban J connectivity index is 1.73. The van der Waals surface area contributed by atoms with Crippen LogP contribution in [0.1, 0.15) is 26.7 Å². The molecule has 2 N–H and O–H groups in total. The molecule has 1 aliphatic heterocycles. The summed E-state index contributed by atoms with van der Waals surface area (Å²) in [6.07, 6.45) is 2.03. The quantitative estimate of drug-likeness (QED) is 0.872. The number of hydrogen-bond donors (Lipinski definition) is 1. The second-order valence-corrected chi connectivity index (χ2v) is 5.61. The Morgan fingerprint density at radius 3 is 2.47 bits per heavy atom. The van der Waals surface area contributed by atoms with Gasteiger partial charge in [-0.05, 0) is 30.5 Å². The van der Waals surface area contributed by atoms with E-state index in [1.807, 2.05) is 17.0 Å². The predicted molar refractivity (Wildman–Crippen MR) is 76.0 cm³/mol. The van der Waals surface area contributed by atoms with Gasteiger partial charge in [-0.1, -0.05) is 12.1 Å². The van der Waals surface area contributed by atoms with Crippen molar-refractivity contribution < 1.29 is 6.17 Å². The highest BCUT2D eigenvalue weighted by Gasteiger charge is 2.39. The van der Waals surface area contributed by atoms with Crippen molar-refractivity contribution in [2.45, 2.75) is 25.3 Å². The minimum Gasteiger partial charge on any atom is -0.368 e. The predicted octanol–water partition coefficient (Wildman–Crippen LogP) is 1.30. The van der Waals surface area contributed by atoms with E-state index in [9.17, 15) is 4.79 Å². The summed E-state index contributed by atoms with van der Waals surface area (Å²) in [4.78, 5) is 15.4. The molecular formula is C15H21N3O. The van der Waals surface area contributed by atoms with E-state index in [2.05, 4.69) is 11.0 Å². The zero-order valence-electron chi connectivity index (χ0n) is 12.4. The summed E-state index contributed by atoms with van der Waals surface area (Å²) in [5.74, 6) is 0.130. The molecule has 1 amide bonds. The lowest BCUT2D eigenvalue weighted by molar-refractivity contribution is -0.129. The third-order valence-electron chi connectivity index (χ3n) is 4.23. The number of benzene rings is 1. The standard InChI is InChI=1S/C15H21N3O/c1-12(19)17-8-10-18(11-9-17)14-4-2-13(3-5-14)15(16)6-7-15/h2-5H,6-11,16H2,1H3/i4D. The van der Waals surface area contributed by atoms with Crippen molar-refractivity contribution in [1.29, 1.82) is 0 Å². The lowest BCUT2D eigenvalue weighted by Gasteiger charge is -2.35. The second kappa shape index (κ2) is 4.53. The van der Waals surface area contributed by atoms with Gasteiger partial charge in [-0.2, -0.15) is 0 Å². The number of rotatable bonds is 2. The van der Waals surface area contributed by atoms with Crippen molar-refractivity contribution in [3.8, 4) is 0 Å². The van der Waals surface area contributed by atoms with Crippen molar-refractivity contribution in [3.05, 3.63) is 29.8 Å². The molecule has 1 saturated carbocycles. The molecule has 2 aliphatic rings. The molecule has 0 atom stereocenters. The molecule has 1 aliphatic carbocycles. The maximum absolute atomic E-state index is 11.3. The van der Waals surface area contributed by atoms with Crippen LogP contribution in [0.3, 0.4) is 0 Å². The Labute approximate surface area is 115 Å². The fourth-order valence-electron chi connectivity index (χ4n) is 2.61. The molecule has 4 nitrogen and oxygen atoms in total. The molecule has 2 fully saturated rings. The van der Waals surface area contributed by atoms with Crippen LogP contribution in [0.25, 0.3) is 0 Å². The number of nitrogens with two attached hydrogens (primary N) is 1. The van der Waals surface area contributed by atoms with Crippen LogP contribution in [-0.4, -0.2) is 37.0 Å². The molecule has 19 heavy (non-hydrogen) atoms. The van der Waals surface area contributed by atoms with E-state index in [-0.39, 0.29) is 11.4 Å². The molecule has 0 unspecified atom stereocenters. The van der Waals surface area contributed by atoms with Crippen LogP contribution in [0.4, 0.5) is 5.69 Å². The van der Waals surface area contributed by atoms with Gasteiger partial charge < -0.3 is 15.5 Å². The van der Waals surface area contributed by atoms with Crippen LogP contribution < -0.4 is 10.6 Å². The molecule has 4 heteroatoms. The van der Waals surface area contributed by atoms with Crippen molar-refractivity contribution in [3.63, 3.8) is 0 Å². The Morgan fingerprint density at radius 2 is 1.95 bits per heavy atom. The van der Waals surface area contributed by atoms with Crippen LogP contribution in [-0.2, 0) is 10.3 Å². The molecule has 0 spiro atoms. The number of nitrogens with zero attached hydrogens (tertiary/aromatic N) is 2. The van der Waals surface area contributed by atoms with Crippen molar-refractivity contribution >= 4 is 11.6 Å². The van der Waals surface area contributed by atoms with Gasteiger partial charge in [-0.25, -0.2) is 0 Å². The van der Waals surface area contributed by atoms with Gasteiger partial charge >= 0.3 is 0 Å². The zero-order valence-corrected chi connectivity index (χ0v) is 11.4. The number of carbonyl (C=O) groups excluding carboxylic acids is 1.